The molecule has 0 amide bonds. The largest absolute Gasteiger partial charge is 0.481 e. The number of nitrogens with one attached hydrogen (secondary N) is 1. The third-order valence-corrected chi connectivity index (χ3v) is 2.68. The number of aliphatic carboxylic acids is 1. The van der Waals surface area contributed by atoms with Gasteiger partial charge in [0.15, 0.2) is 16.2 Å². The van der Waals surface area contributed by atoms with Crippen molar-refractivity contribution in [3.63, 3.8) is 0 Å². The molecule has 8 heteroatoms. The van der Waals surface area contributed by atoms with Crippen molar-refractivity contribution >= 4 is 35.2 Å². The number of carbonyl (C=O) groups is 1. The van der Waals surface area contributed by atoms with Gasteiger partial charge in [-0.3, -0.25) is 4.79 Å². The van der Waals surface area contributed by atoms with Gasteiger partial charge in [-0.1, -0.05) is 0 Å². The zero-order chi connectivity index (χ0) is 12.4. The number of fused-ring (bicyclic) bond motifs is 1. The van der Waals surface area contributed by atoms with Gasteiger partial charge < -0.3 is 20.4 Å². The van der Waals surface area contributed by atoms with Crippen LogP contribution in [0.1, 0.15) is 12.8 Å². The third kappa shape index (κ3) is 2.26. The summed E-state index contributed by atoms with van der Waals surface area (Å²) in [4.78, 5) is 21.3. The molecule has 2 aromatic heterocycles. The van der Waals surface area contributed by atoms with E-state index < -0.39 is 5.97 Å². The monoisotopic (exact) mass is 253 g/mol. The predicted molar refractivity (Wildman–Crippen MR) is 64.0 cm³/mol. The maximum absolute atomic E-state index is 10.4. The number of carboxylic acid groups (broad SMARTS) is 1. The number of aryl methyl sites for hydroxylation is 1. The van der Waals surface area contributed by atoms with E-state index in [0.29, 0.717) is 34.7 Å². The normalized spacial score (nSPS) is 10.8. The summed E-state index contributed by atoms with van der Waals surface area (Å²) in [5.74, 6) is -0.497. The Kier molecular flexibility index (Phi) is 3.05. The van der Waals surface area contributed by atoms with Crippen molar-refractivity contribution in [2.24, 2.45) is 0 Å². The lowest BCUT2D eigenvalue weighted by atomic mass is 10.3. The standard InChI is InChI=1S/C9H11N5O2S/c10-7-6-8(12-4-11-7)14(9(17)13-6)3-1-2-5(15)16/h4H,1-3H2,(H,13,17)(H,15,16)(H2,10,11,12). The minimum atomic E-state index is -0.828. The first-order valence-electron chi connectivity index (χ1n) is 5.00. The summed E-state index contributed by atoms with van der Waals surface area (Å²) >= 11 is 5.13. The molecule has 2 heterocycles. The highest BCUT2D eigenvalue weighted by Gasteiger charge is 2.09. The number of aromatic nitrogens is 4. The molecule has 90 valence electrons. The Hall–Kier alpha value is -1.96. The van der Waals surface area contributed by atoms with Gasteiger partial charge in [-0.2, -0.15) is 0 Å². The fourth-order valence-electron chi connectivity index (χ4n) is 1.58. The van der Waals surface area contributed by atoms with Gasteiger partial charge in [0.1, 0.15) is 11.8 Å². The first-order valence-corrected chi connectivity index (χ1v) is 5.41. The summed E-state index contributed by atoms with van der Waals surface area (Å²) in [7, 11) is 0. The fourth-order valence-corrected chi connectivity index (χ4v) is 1.86. The van der Waals surface area contributed by atoms with E-state index in [0.717, 1.165) is 0 Å². The Morgan fingerprint density at radius 1 is 1.59 bits per heavy atom. The van der Waals surface area contributed by atoms with Gasteiger partial charge in [0.25, 0.3) is 0 Å². The predicted octanol–water partition coefficient (Wildman–Crippen LogP) is 0.936. The highest BCUT2D eigenvalue weighted by molar-refractivity contribution is 7.71. The van der Waals surface area contributed by atoms with E-state index in [1.54, 1.807) is 4.57 Å². The number of hydrogen-bond donors (Lipinski definition) is 3. The molecule has 0 bridgehead atoms. The molecule has 7 nitrogen and oxygen atoms in total. The van der Waals surface area contributed by atoms with E-state index in [9.17, 15) is 4.79 Å². The van der Waals surface area contributed by atoms with Gasteiger partial charge in [-0.15, -0.1) is 0 Å². The minimum Gasteiger partial charge on any atom is -0.481 e. The van der Waals surface area contributed by atoms with Crippen molar-refractivity contribution in [3.8, 4) is 0 Å². The minimum absolute atomic E-state index is 0.0923. The van der Waals surface area contributed by atoms with Gasteiger partial charge in [-0.25, -0.2) is 9.97 Å². The number of H-pyrrole nitrogens is 1. The molecule has 0 aromatic carbocycles. The van der Waals surface area contributed by atoms with Crippen LogP contribution in [0, 0.1) is 4.77 Å². The van der Waals surface area contributed by atoms with Crippen LogP contribution in [0.15, 0.2) is 6.33 Å². The highest BCUT2D eigenvalue weighted by atomic mass is 32.1. The molecule has 0 aliphatic rings. The molecule has 0 fully saturated rings. The molecule has 0 aliphatic heterocycles. The van der Waals surface area contributed by atoms with Gasteiger partial charge >= 0.3 is 5.97 Å². The van der Waals surface area contributed by atoms with Crippen LogP contribution >= 0.6 is 12.2 Å². The second-order valence-electron chi connectivity index (χ2n) is 3.54. The molecule has 0 saturated heterocycles. The zero-order valence-corrected chi connectivity index (χ0v) is 9.70. The van der Waals surface area contributed by atoms with Crippen molar-refractivity contribution in [2.45, 2.75) is 19.4 Å². The first-order chi connectivity index (χ1) is 8.09. The number of nitrogen functional groups attached to an aromatic ring is 1. The van der Waals surface area contributed by atoms with Crippen LogP contribution in [0.2, 0.25) is 0 Å². The van der Waals surface area contributed by atoms with Gasteiger partial charge in [0, 0.05) is 13.0 Å². The van der Waals surface area contributed by atoms with Gasteiger partial charge in [0.2, 0.25) is 0 Å². The molecule has 0 unspecified atom stereocenters. The smallest absolute Gasteiger partial charge is 0.303 e. The maximum Gasteiger partial charge on any atom is 0.303 e. The molecule has 0 spiro atoms. The van der Waals surface area contributed by atoms with Crippen LogP contribution in [0.4, 0.5) is 5.82 Å². The molecular weight excluding hydrogens is 242 g/mol. The van der Waals surface area contributed by atoms with Crippen LogP contribution < -0.4 is 5.73 Å². The number of carboxylic acids is 1. The van der Waals surface area contributed by atoms with Crippen molar-refractivity contribution in [1.82, 2.24) is 19.5 Å². The average molecular weight is 253 g/mol. The molecule has 0 radical (unpaired) electrons. The lowest BCUT2D eigenvalue weighted by Gasteiger charge is -2.01. The Labute approximate surface area is 101 Å². The second-order valence-corrected chi connectivity index (χ2v) is 3.92. The number of nitrogens with zero attached hydrogens (tertiary/aromatic N) is 3. The number of anilines is 1. The zero-order valence-electron chi connectivity index (χ0n) is 8.88. The van der Waals surface area contributed by atoms with Crippen molar-refractivity contribution < 1.29 is 9.90 Å². The highest BCUT2D eigenvalue weighted by Crippen LogP contribution is 2.16. The van der Waals surface area contributed by atoms with Crippen LogP contribution in [0.3, 0.4) is 0 Å². The summed E-state index contributed by atoms with van der Waals surface area (Å²) < 4.78 is 2.20. The lowest BCUT2D eigenvalue weighted by molar-refractivity contribution is -0.137. The fraction of sp³-hybridized carbons (Fsp3) is 0.333. The number of rotatable bonds is 4. The molecule has 4 N–H and O–H groups in total. The summed E-state index contributed by atoms with van der Waals surface area (Å²) in [6, 6.07) is 0. The molecule has 2 rings (SSSR count). The summed E-state index contributed by atoms with van der Waals surface area (Å²) in [6.45, 7) is 0.488. The van der Waals surface area contributed by atoms with Crippen LogP contribution in [-0.2, 0) is 11.3 Å². The summed E-state index contributed by atoms with van der Waals surface area (Å²) in [5, 5.41) is 8.58. The Balaban J connectivity index is 2.34. The Bertz CT molecular complexity index is 617. The van der Waals surface area contributed by atoms with E-state index in [2.05, 4.69) is 15.0 Å². The van der Waals surface area contributed by atoms with E-state index in [-0.39, 0.29) is 6.42 Å². The van der Waals surface area contributed by atoms with E-state index in [4.69, 9.17) is 23.1 Å². The average Bonchev–Trinajstić information content (AvgIpc) is 2.57. The Morgan fingerprint density at radius 2 is 2.35 bits per heavy atom. The van der Waals surface area contributed by atoms with Gasteiger partial charge in [0.05, 0.1) is 0 Å². The molecule has 2 aromatic rings. The number of hydrogen-bond acceptors (Lipinski definition) is 5. The van der Waals surface area contributed by atoms with E-state index in [1.807, 2.05) is 0 Å². The van der Waals surface area contributed by atoms with Crippen molar-refractivity contribution in [3.05, 3.63) is 11.1 Å². The molecule has 0 saturated carbocycles. The molecule has 0 aliphatic carbocycles. The molecule has 0 atom stereocenters. The quantitative estimate of drug-likeness (QED) is 0.699. The number of nitrogens with two attached hydrogens (primary N) is 1. The third-order valence-electron chi connectivity index (χ3n) is 2.36. The van der Waals surface area contributed by atoms with E-state index in [1.165, 1.54) is 6.33 Å². The molecule has 17 heavy (non-hydrogen) atoms. The van der Waals surface area contributed by atoms with Crippen molar-refractivity contribution in [1.29, 1.82) is 0 Å². The Morgan fingerprint density at radius 3 is 3.06 bits per heavy atom. The van der Waals surface area contributed by atoms with Crippen LogP contribution in [0.5, 0.6) is 0 Å². The van der Waals surface area contributed by atoms with Crippen molar-refractivity contribution in [2.75, 3.05) is 5.73 Å². The van der Waals surface area contributed by atoms with Gasteiger partial charge in [-0.05, 0) is 18.6 Å². The lowest BCUT2D eigenvalue weighted by Crippen LogP contribution is -2.03. The topological polar surface area (TPSA) is 110 Å². The van der Waals surface area contributed by atoms with Crippen LogP contribution in [-0.4, -0.2) is 30.6 Å². The summed E-state index contributed by atoms with van der Waals surface area (Å²) in [5.41, 5.74) is 6.87. The number of aromatic amines is 1. The summed E-state index contributed by atoms with van der Waals surface area (Å²) in [6.07, 6.45) is 1.93. The maximum atomic E-state index is 10.4. The van der Waals surface area contributed by atoms with Crippen LogP contribution in [0.25, 0.3) is 11.2 Å². The molecular formula is C9H11N5O2S. The first kappa shape index (κ1) is 11.5. The van der Waals surface area contributed by atoms with E-state index >= 15 is 0 Å². The number of imidazole rings is 1. The SMILES string of the molecule is Nc1ncnc2c1[nH]c(=S)n2CCCC(=O)O. The second kappa shape index (κ2) is 4.50.